The van der Waals surface area contributed by atoms with Crippen molar-refractivity contribution in [3.05, 3.63) is 37.0 Å². The molecule has 0 aromatic carbocycles. The maximum atomic E-state index is 10.7. The molecule has 2 bridgehead atoms. The molecule has 3 nitrogen and oxygen atoms in total. The molecule has 4 rings (SSSR count). The summed E-state index contributed by atoms with van der Waals surface area (Å²) in [5, 5.41) is 10.7. The van der Waals surface area contributed by atoms with Gasteiger partial charge in [0.1, 0.15) is 0 Å². The van der Waals surface area contributed by atoms with E-state index in [2.05, 4.69) is 26.2 Å². The molecule has 1 heterocycles. The van der Waals surface area contributed by atoms with Crippen molar-refractivity contribution in [2.45, 2.75) is 44.5 Å². The first-order valence-corrected chi connectivity index (χ1v) is 7.95. The van der Waals surface area contributed by atoms with Crippen LogP contribution in [0.1, 0.15) is 32.6 Å². The quantitative estimate of drug-likeness (QED) is 0.790. The molecule has 1 spiro atoms. The van der Waals surface area contributed by atoms with Gasteiger partial charge in [0.15, 0.2) is 5.79 Å². The number of aliphatic hydroxyl groups excluding tert-OH is 1. The van der Waals surface area contributed by atoms with E-state index in [-0.39, 0.29) is 11.3 Å². The second kappa shape index (κ2) is 5.38. The fourth-order valence-corrected chi connectivity index (χ4v) is 4.77. The number of hydrogen-bond donors (Lipinski definition) is 1. The highest BCUT2D eigenvalue weighted by atomic mass is 16.7. The minimum absolute atomic E-state index is 0.133. The lowest BCUT2D eigenvalue weighted by Gasteiger charge is -2.59. The predicted octanol–water partition coefficient (Wildman–Crippen LogP) is 3.22. The summed E-state index contributed by atoms with van der Waals surface area (Å²) in [6, 6.07) is 0. The molecule has 4 atom stereocenters. The Hall–Kier alpha value is -0.900. The Morgan fingerprint density at radius 2 is 2.10 bits per heavy atom. The number of aliphatic hydroxyl groups is 1. The molecule has 0 radical (unpaired) electrons. The van der Waals surface area contributed by atoms with Crippen molar-refractivity contribution in [3.8, 4) is 0 Å². The van der Waals surface area contributed by atoms with E-state index in [9.17, 15) is 5.11 Å². The SMILES string of the molecule is C=CC[C@@H](O)[C@H]1C[C@@H]2CC3(OCCO3)[C@@]1(CC=C)C=C2C. The number of fused-ring (bicyclic) bond motifs is 1. The molecular formula is C18H26O3. The Kier molecular flexibility index (Phi) is 3.85. The summed E-state index contributed by atoms with van der Waals surface area (Å²) >= 11 is 0. The Bertz CT molecular complexity index is 461. The van der Waals surface area contributed by atoms with E-state index in [1.807, 2.05) is 6.08 Å². The molecule has 116 valence electrons. The monoisotopic (exact) mass is 290 g/mol. The molecule has 1 N–H and O–H groups in total. The fraction of sp³-hybridized carbons (Fsp3) is 0.667. The number of allylic oxidation sites excluding steroid dienone is 2. The molecule has 21 heavy (non-hydrogen) atoms. The zero-order valence-corrected chi connectivity index (χ0v) is 12.9. The fourth-order valence-electron chi connectivity index (χ4n) is 4.77. The van der Waals surface area contributed by atoms with Crippen molar-refractivity contribution in [1.29, 1.82) is 0 Å². The summed E-state index contributed by atoms with van der Waals surface area (Å²) in [7, 11) is 0. The van der Waals surface area contributed by atoms with E-state index in [1.165, 1.54) is 5.57 Å². The van der Waals surface area contributed by atoms with Crippen LogP contribution in [0.25, 0.3) is 0 Å². The average molecular weight is 290 g/mol. The molecule has 3 heteroatoms. The highest BCUT2D eigenvalue weighted by molar-refractivity contribution is 5.29. The molecule has 1 aliphatic heterocycles. The maximum Gasteiger partial charge on any atom is 0.178 e. The van der Waals surface area contributed by atoms with Crippen molar-refractivity contribution in [1.82, 2.24) is 0 Å². The second-order valence-corrected chi connectivity index (χ2v) is 6.71. The molecule has 0 unspecified atom stereocenters. The van der Waals surface area contributed by atoms with Gasteiger partial charge < -0.3 is 14.6 Å². The van der Waals surface area contributed by atoms with Crippen LogP contribution >= 0.6 is 0 Å². The Labute approximate surface area is 127 Å². The van der Waals surface area contributed by atoms with Gasteiger partial charge in [-0.2, -0.15) is 0 Å². The third-order valence-corrected chi connectivity index (χ3v) is 5.66. The molecular weight excluding hydrogens is 264 g/mol. The summed E-state index contributed by atoms with van der Waals surface area (Å²) in [6.45, 7) is 11.2. The van der Waals surface area contributed by atoms with Crippen LogP contribution in [0, 0.1) is 17.3 Å². The molecule has 1 saturated heterocycles. The highest BCUT2D eigenvalue weighted by Gasteiger charge is 2.65. The zero-order valence-electron chi connectivity index (χ0n) is 12.9. The first kappa shape index (κ1) is 15.0. The van der Waals surface area contributed by atoms with Gasteiger partial charge in [-0.25, -0.2) is 0 Å². The van der Waals surface area contributed by atoms with Crippen LogP contribution in [0.3, 0.4) is 0 Å². The topological polar surface area (TPSA) is 38.7 Å². The number of hydrogen-bond acceptors (Lipinski definition) is 3. The van der Waals surface area contributed by atoms with Crippen molar-refractivity contribution < 1.29 is 14.6 Å². The van der Waals surface area contributed by atoms with Gasteiger partial charge in [0, 0.05) is 12.3 Å². The summed E-state index contributed by atoms with van der Waals surface area (Å²) in [6.07, 6.45) is 8.94. The normalized spacial score (nSPS) is 38.3. The molecule has 3 aliphatic carbocycles. The van der Waals surface area contributed by atoms with Crippen LogP contribution in [-0.4, -0.2) is 30.2 Å². The lowest BCUT2D eigenvalue weighted by molar-refractivity contribution is -0.278. The van der Waals surface area contributed by atoms with Gasteiger partial charge in [-0.15, -0.1) is 13.2 Å². The summed E-state index contributed by atoms with van der Waals surface area (Å²) in [4.78, 5) is 0. The van der Waals surface area contributed by atoms with Gasteiger partial charge in [0.05, 0.1) is 24.7 Å². The Morgan fingerprint density at radius 1 is 1.38 bits per heavy atom. The summed E-state index contributed by atoms with van der Waals surface area (Å²) in [5.74, 6) is 0.00415. The third kappa shape index (κ3) is 2.06. The van der Waals surface area contributed by atoms with Crippen LogP contribution < -0.4 is 0 Å². The minimum atomic E-state index is -0.573. The van der Waals surface area contributed by atoms with Gasteiger partial charge in [-0.05, 0) is 32.1 Å². The third-order valence-electron chi connectivity index (χ3n) is 5.66. The molecule has 0 aromatic rings. The predicted molar refractivity (Wildman–Crippen MR) is 82.7 cm³/mol. The molecule has 2 fully saturated rings. The van der Waals surface area contributed by atoms with Gasteiger partial charge in [-0.3, -0.25) is 0 Å². The number of rotatable bonds is 5. The lowest BCUT2D eigenvalue weighted by Crippen LogP contribution is -2.62. The zero-order chi connectivity index (χ0) is 15.1. The van der Waals surface area contributed by atoms with E-state index >= 15 is 0 Å². The van der Waals surface area contributed by atoms with Crippen molar-refractivity contribution >= 4 is 0 Å². The Morgan fingerprint density at radius 3 is 2.71 bits per heavy atom. The summed E-state index contributed by atoms with van der Waals surface area (Å²) < 4.78 is 12.3. The number of ether oxygens (including phenoxy) is 2. The van der Waals surface area contributed by atoms with Crippen LogP contribution in [-0.2, 0) is 9.47 Å². The van der Waals surface area contributed by atoms with E-state index in [0.29, 0.717) is 25.6 Å². The second-order valence-electron chi connectivity index (χ2n) is 6.71. The Balaban J connectivity index is 2.07. The standard InChI is InChI=1S/C18H26O3/c1-4-6-16(19)15-10-14-12-18(20-8-9-21-18)17(15,7-5-2)11-13(14)3/h4-5,11,14-16,19H,1-2,6-10,12H2,3H3/t14-,15-,16-,17+/m1/s1. The van der Waals surface area contributed by atoms with Crippen LogP contribution in [0.2, 0.25) is 0 Å². The molecule has 1 saturated carbocycles. The van der Waals surface area contributed by atoms with E-state index in [1.54, 1.807) is 6.08 Å². The van der Waals surface area contributed by atoms with Crippen LogP contribution in [0.15, 0.2) is 37.0 Å². The van der Waals surface area contributed by atoms with Crippen LogP contribution in [0.4, 0.5) is 0 Å². The largest absolute Gasteiger partial charge is 0.392 e. The van der Waals surface area contributed by atoms with E-state index in [4.69, 9.17) is 9.47 Å². The van der Waals surface area contributed by atoms with Crippen LogP contribution in [0.5, 0.6) is 0 Å². The highest BCUT2D eigenvalue weighted by Crippen LogP contribution is 2.63. The minimum Gasteiger partial charge on any atom is -0.392 e. The first-order chi connectivity index (χ1) is 10.1. The smallest absolute Gasteiger partial charge is 0.178 e. The van der Waals surface area contributed by atoms with Gasteiger partial charge in [0.25, 0.3) is 0 Å². The maximum absolute atomic E-state index is 10.7. The molecule has 0 amide bonds. The molecule has 0 aromatic heterocycles. The van der Waals surface area contributed by atoms with Crippen molar-refractivity contribution in [3.63, 3.8) is 0 Å². The van der Waals surface area contributed by atoms with Gasteiger partial charge >= 0.3 is 0 Å². The van der Waals surface area contributed by atoms with Crippen molar-refractivity contribution in [2.75, 3.05) is 13.2 Å². The average Bonchev–Trinajstić information content (AvgIpc) is 2.90. The van der Waals surface area contributed by atoms with Gasteiger partial charge in [-0.1, -0.05) is 23.8 Å². The van der Waals surface area contributed by atoms with E-state index in [0.717, 1.165) is 19.3 Å². The van der Waals surface area contributed by atoms with Gasteiger partial charge in [0.2, 0.25) is 0 Å². The summed E-state index contributed by atoms with van der Waals surface area (Å²) in [5.41, 5.74) is 1.11. The molecule has 4 aliphatic rings. The van der Waals surface area contributed by atoms with Crippen molar-refractivity contribution in [2.24, 2.45) is 17.3 Å². The first-order valence-electron chi connectivity index (χ1n) is 7.95. The van der Waals surface area contributed by atoms with E-state index < -0.39 is 11.9 Å². The lowest BCUT2D eigenvalue weighted by atomic mass is 9.50.